The van der Waals surface area contributed by atoms with Crippen LogP contribution in [0.3, 0.4) is 0 Å². The predicted molar refractivity (Wildman–Crippen MR) is 83.5 cm³/mol. The minimum absolute atomic E-state index is 0.352. The first-order valence-electron chi connectivity index (χ1n) is 7.33. The molecule has 1 aromatic rings. The summed E-state index contributed by atoms with van der Waals surface area (Å²) in [5, 5.41) is 3.53. The van der Waals surface area contributed by atoms with E-state index in [1.54, 1.807) is 0 Å². The number of nitrogens with zero attached hydrogens (tertiary/aromatic N) is 2. The molecular weight excluding hydrogens is 302 g/mol. The molecule has 3 nitrogen and oxygen atoms in total. The molecule has 1 saturated carbocycles. The zero-order chi connectivity index (χ0) is 13.9. The lowest BCUT2D eigenvalue weighted by molar-refractivity contribution is 0.306. The van der Waals surface area contributed by atoms with E-state index in [4.69, 9.17) is 0 Å². The molecule has 4 heteroatoms. The summed E-state index contributed by atoms with van der Waals surface area (Å²) < 4.78 is 0.866. The lowest BCUT2D eigenvalue weighted by atomic mass is 9.83. The van der Waals surface area contributed by atoms with E-state index in [1.165, 1.54) is 32.1 Å². The smallest absolute Gasteiger partial charge is 0.134 e. The van der Waals surface area contributed by atoms with Crippen LogP contribution in [-0.2, 0) is 0 Å². The fraction of sp³-hybridized carbons (Fsp3) is 0.733. The van der Waals surface area contributed by atoms with Gasteiger partial charge in [0, 0.05) is 18.5 Å². The first-order chi connectivity index (χ1) is 9.04. The van der Waals surface area contributed by atoms with Crippen LogP contribution in [0.4, 0.5) is 5.82 Å². The van der Waals surface area contributed by atoms with Gasteiger partial charge in [-0.1, -0.05) is 33.6 Å². The molecule has 19 heavy (non-hydrogen) atoms. The maximum Gasteiger partial charge on any atom is 0.134 e. The Morgan fingerprint density at radius 1 is 1.32 bits per heavy atom. The number of halogens is 1. The first kappa shape index (κ1) is 14.8. The van der Waals surface area contributed by atoms with Gasteiger partial charge in [-0.15, -0.1) is 0 Å². The van der Waals surface area contributed by atoms with Gasteiger partial charge in [0.15, 0.2) is 0 Å². The second kappa shape index (κ2) is 6.21. The highest BCUT2D eigenvalue weighted by Crippen LogP contribution is 2.40. The molecule has 0 bridgehead atoms. The van der Waals surface area contributed by atoms with E-state index in [0.717, 1.165) is 22.8 Å². The molecule has 106 valence electrons. The van der Waals surface area contributed by atoms with Crippen LogP contribution in [0, 0.1) is 5.41 Å². The van der Waals surface area contributed by atoms with Gasteiger partial charge >= 0.3 is 0 Å². The van der Waals surface area contributed by atoms with Crippen molar-refractivity contribution in [2.75, 3.05) is 11.9 Å². The quantitative estimate of drug-likeness (QED) is 0.794. The van der Waals surface area contributed by atoms with Gasteiger partial charge in [0.05, 0.1) is 0 Å². The maximum atomic E-state index is 4.61. The standard InChI is InChI=1S/C15H24BrN3/c1-4-15(7-5-6-8-15)10-17-13-9-12(16)18-14(19-13)11(2)3/h9,11H,4-8,10H2,1-3H3,(H,17,18,19). The Bertz CT molecular complexity index is 425. The summed E-state index contributed by atoms with van der Waals surface area (Å²) in [6.45, 7) is 7.58. The van der Waals surface area contributed by atoms with Gasteiger partial charge in [0.2, 0.25) is 0 Å². The molecule has 1 N–H and O–H groups in total. The minimum atomic E-state index is 0.352. The molecule has 0 amide bonds. The van der Waals surface area contributed by atoms with Crippen LogP contribution >= 0.6 is 15.9 Å². The van der Waals surface area contributed by atoms with Crippen LogP contribution in [0.25, 0.3) is 0 Å². The second-order valence-corrected chi connectivity index (χ2v) is 6.82. The van der Waals surface area contributed by atoms with Crippen molar-refractivity contribution in [1.82, 2.24) is 9.97 Å². The van der Waals surface area contributed by atoms with Crippen LogP contribution < -0.4 is 5.32 Å². The molecule has 2 rings (SSSR count). The zero-order valence-electron chi connectivity index (χ0n) is 12.2. The molecule has 0 radical (unpaired) electrons. The maximum absolute atomic E-state index is 4.61. The van der Waals surface area contributed by atoms with E-state index in [-0.39, 0.29) is 0 Å². The minimum Gasteiger partial charge on any atom is -0.369 e. The van der Waals surface area contributed by atoms with E-state index >= 15 is 0 Å². The van der Waals surface area contributed by atoms with Crippen molar-refractivity contribution in [3.05, 3.63) is 16.5 Å². The Hall–Kier alpha value is -0.640. The molecule has 1 heterocycles. The summed E-state index contributed by atoms with van der Waals surface area (Å²) in [6.07, 6.45) is 6.70. The Morgan fingerprint density at radius 3 is 2.58 bits per heavy atom. The van der Waals surface area contributed by atoms with E-state index in [9.17, 15) is 0 Å². The van der Waals surface area contributed by atoms with Gasteiger partial charge in [0.1, 0.15) is 16.2 Å². The van der Waals surface area contributed by atoms with Crippen LogP contribution in [-0.4, -0.2) is 16.5 Å². The third-order valence-electron chi connectivity index (χ3n) is 4.29. The molecule has 0 unspecified atom stereocenters. The molecule has 0 aromatic carbocycles. The summed E-state index contributed by atoms with van der Waals surface area (Å²) in [5.41, 5.74) is 0.482. The fourth-order valence-corrected chi connectivity index (χ4v) is 3.24. The number of nitrogens with one attached hydrogen (secondary N) is 1. The first-order valence-corrected chi connectivity index (χ1v) is 8.12. The monoisotopic (exact) mass is 325 g/mol. The van der Waals surface area contributed by atoms with Crippen molar-refractivity contribution in [3.63, 3.8) is 0 Å². The summed E-state index contributed by atoms with van der Waals surface area (Å²) in [6, 6.07) is 1.98. The molecule has 0 atom stereocenters. The molecule has 1 fully saturated rings. The van der Waals surface area contributed by atoms with Crippen molar-refractivity contribution in [2.24, 2.45) is 5.41 Å². The van der Waals surface area contributed by atoms with Crippen LogP contribution in [0.2, 0.25) is 0 Å². The SMILES string of the molecule is CCC1(CNc2cc(Br)nc(C(C)C)n2)CCCC1. The average molecular weight is 326 g/mol. The van der Waals surface area contributed by atoms with Gasteiger partial charge in [-0.3, -0.25) is 0 Å². The fourth-order valence-electron chi connectivity index (χ4n) is 2.84. The van der Waals surface area contributed by atoms with E-state index in [0.29, 0.717) is 11.3 Å². The second-order valence-electron chi connectivity index (χ2n) is 6.00. The van der Waals surface area contributed by atoms with Gasteiger partial charge in [0.25, 0.3) is 0 Å². The lowest BCUT2D eigenvalue weighted by Gasteiger charge is -2.28. The largest absolute Gasteiger partial charge is 0.369 e. The number of anilines is 1. The van der Waals surface area contributed by atoms with Crippen molar-refractivity contribution < 1.29 is 0 Å². The topological polar surface area (TPSA) is 37.8 Å². The number of rotatable bonds is 5. The van der Waals surface area contributed by atoms with Crippen molar-refractivity contribution in [1.29, 1.82) is 0 Å². The van der Waals surface area contributed by atoms with Crippen LogP contribution in [0.1, 0.15) is 64.6 Å². The third kappa shape index (κ3) is 3.68. The highest BCUT2D eigenvalue weighted by atomic mass is 79.9. The average Bonchev–Trinajstić information content (AvgIpc) is 2.85. The van der Waals surface area contributed by atoms with Gasteiger partial charge in [-0.25, -0.2) is 9.97 Å². The zero-order valence-corrected chi connectivity index (χ0v) is 13.8. The predicted octanol–water partition coefficient (Wildman–Crippen LogP) is 4.74. The van der Waals surface area contributed by atoms with E-state index < -0.39 is 0 Å². The van der Waals surface area contributed by atoms with Crippen molar-refractivity contribution >= 4 is 21.7 Å². The third-order valence-corrected chi connectivity index (χ3v) is 4.69. The summed E-state index contributed by atoms with van der Waals surface area (Å²) >= 11 is 3.47. The van der Waals surface area contributed by atoms with Gasteiger partial charge in [-0.2, -0.15) is 0 Å². The molecular formula is C15H24BrN3. The molecule has 0 aliphatic heterocycles. The summed E-state index contributed by atoms with van der Waals surface area (Å²) in [4.78, 5) is 9.02. The number of aromatic nitrogens is 2. The van der Waals surface area contributed by atoms with Crippen molar-refractivity contribution in [2.45, 2.75) is 58.8 Å². The molecule has 1 aromatic heterocycles. The molecule has 0 spiro atoms. The Morgan fingerprint density at radius 2 is 2.00 bits per heavy atom. The molecule has 1 aliphatic rings. The molecule has 0 saturated heterocycles. The summed E-state index contributed by atoms with van der Waals surface area (Å²) in [5.74, 6) is 2.20. The Kier molecular flexibility index (Phi) is 4.82. The number of hydrogen-bond donors (Lipinski definition) is 1. The van der Waals surface area contributed by atoms with Crippen LogP contribution in [0.5, 0.6) is 0 Å². The highest BCUT2D eigenvalue weighted by molar-refractivity contribution is 9.10. The van der Waals surface area contributed by atoms with Gasteiger partial charge < -0.3 is 5.32 Å². The lowest BCUT2D eigenvalue weighted by Crippen LogP contribution is -2.26. The van der Waals surface area contributed by atoms with Gasteiger partial charge in [-0.05, 0) is 40.6 Å². The Labute approximate surface area is 124 Å². The molecule has 1 aliphatic carbocycles. The van der Waals surface area contributed by atoms with Crippen LogP contribution in [0.15, 0.2) is 10.7 Å². The Balaban J connectivity index is 2.06. The van der Waals surface area contributed by atoms with Crippen molar-refractivity contribution in [3.8, 4) is 0 Å². The highest BCUT2D eigenvalue weighted by Gasteiger charge is 2.31. The van der Waals surface area contributed by atoms with E-state index in [2.05, 4.69) is 52.0 Å². The summed E-state index contributed by atoms with van der Waals surface area (Å²) in [7, 11) is 0. The number of hydrogen-bond acceptors (Lipinski definition) is 3. The normalized spacial score (nSPS) is 17.9. The van der Waals surface area contributed by atoms with E-state index in [1.807, 2.05) is 6.07 Å².